The molecule has 2 aromatic rings. The molecule has 0 fully saturated rings. The number of aromatic nitrogens is 2. The summed E-state index contributed by atoms with van der Waals surface area (Å²) in [5, 5.41) is 1.17. The molecule has 0 aliphatic heterocycles. The van der Waals surface area contributed by atoms with Gasteiger partial charge in [0.2, 0.25) is 0 Å². The molecule has 1 heterocycles. The van der Waals surface area contributed by atoms with E-state index in [2.05, 4.69) is 9.97 Å². The van der Waals surface area contributed by atoms with Gasteiger partial charge in [-0.1, -0.05) is 23.2 Å². The molecule has 2 rings (SSSR count). The zero-order chi connectivity index (χ0) is 11.7. The molecular formula is C11H8Cl2N2S. The van der Waals surface area contributed by atoms with E-state index in [1.54, 1.807) is 12.1 Å². The number of aryl methyl sites for hydroxylation is 1. The largest absolute Gasteiger partial charge is 0.335 e. The van der Waals surface area contributed by atoms with Gasteiger partial charge in [0.05, 0.1) is 10.7 Å². The minimum Gasteiger partial charge on any atom is -0.335 e. The van der Waals surface area contributed by atoms with Crippen LogP contribution in [0.3, 0.4) is 0 Å². The van der Waals surface area contributed by atoms with Crippen molar-refractivity contribution in [3.05, 3.63) is 44.8 Å². The van der Waals surface area contributed by atoms with Crippen LogP contribution in [0.2, 0.25) is 10.0 Å². The number of rotatable bonds is 1. The molecule has 0 saturated carbocycles. The summed E-state index contributed by atoms with van der Waals surface area (Å²) in [6.45, 7) is 1.92. The summed E-state index contributed by atoms with van der Waals surface area (Å²) in [7, 11) is 0. The van der Waals surface area contributed by atoms with E-state index >= 15 is 0 Å². The van der Waals surface area contributed by atoms with Crippen molar-refractivity contribution in [3.63, 3.8) is 0 Å². The SMILES string of the molecule is Cc1cc(-c2ccc(Cl)cc2Cl)nc(=S)[nH]1. The molecule has 2 nitrogen and oxygen atoms in total. The maximum Gasteiger partial charge on any atom is 0.197 e. The van der Waals surface area contributed by atoms with Crippen molar-refractivity contribution in [1.29, 1.82) is 0 Å². The second kappa shape index (κ2) is 4.53. The molecule has 0 saturated heterocycles. The molecule has 16 heavy (non-hydrogen) atoms. The lowest BCUT2D eigenvalue weighted by Gasteiger charge is -2.05. The Morgan fingerprint density at radius 2 is 2.00 bits per heavy atom. The van der Waals surface area contributed by atoms with Gasteiger partial charge in [0.15, 0.2) is 4.77 Å². The number of H-pyrrole nitrogens is 1. The quantitative estimate of drug-likeness (QED) is 0.778. The van der Waals surface area contributed by atoms with Gasteiger partial charge >= 0.3 is 0 Å². The Balaban J connectivity index is 2.63. The first-order chi connectivity index (χ1) is 7.56. The predicted molar refractivity (Wildman–Crippen MR) is 69.6 cm³/mol. The molecule has 0 amide bonds. The smallest absolute Gasteiger partial charge is 0.197 e. The van der Waals surface area contributed by atoms with Gasteiger partial charge in [-0.3, -0.25) is 0 Å². The van der Waals surface area contributed by atoms with Gasteiger partial charge in [-0.25, -0.2) is 4.98 Å². The molecular weight excluding hydrogens is 263 g/mol. The maximum atomic E-state index is 6.10. The summed E-state index contributed by atoms with van der Waals surface area (Å²) >= 11 is 17.0. The van der Waals surface area contributed by atoms with Crippen LogP contribution in [0.25, 0.3) is 11.3 Å². The number of aromatic amines is 1. The summed E-state index contributed by atoms with van der Waals surface area (Å²) in [6.07, 6.45) is 0. The van der Waals surface area contributed by atoms with Crippen LogP contribution in [0, 0.1) is 11.7 Å². The van der Waals surface area contributed by atoms with Crippen molar-refractivity contribution in [3.8, 4) is 11.3 Å². The van der Waals surface area contributed by atoms with E-state index in [-0.39, 0.29) is 0 Å². The minimum absolute atomic E-state index is 0.445. The fraction of sp³-hybridized carbons (Fsp3) is 0.0909. The van der Waals surface area contributed by atoms with Crippen molar-refractivity contribution in [2.45, 2.75) is 6.92 Å². The molecule has 5 heteroatoms. The van der Waals surface area contributed by atoms with Crippen molar-refractivity contribution in [2.24, 2.45) is 0 Å². The molecule has 0 unspecified atom stereocenters. The minimum atomic E-state index is 0.445. The first-order valence-electron chi connectivity index (χ1n) is 4.59. The van der Waals surface area contributed by atoms with E-state index in [9.17, 15) is 0 Å². The van der Waals surface area contributed by atoms with Crippen molar-refractivity contribution >= 4 is 35.4 Å². The van der Waals surface area contributed by atoms with Gasteiger partial charge in [-0.05, 0) is 43.4 Å². The summed E-state index contributed by atoms with van der Waals surface area (Å²) in [5.41, 5.74) is 2.53. The molecule has 1 N–H and O–H groups in total. The zero-order valence-corrected chi connectivity index (χ0v) is 10.7. The average Bonchev–Trinajstić information content (AvgIpc) is 2.15. The highest BCUT2D eigenvalue weighted by molar-refractivity contribution is 7.71. The van der Waals surface area contributed by atoms with E-state index < -0.39 is 0 Å². The fourth-order valence-corrected chi connectivity index (χ4v) is 2.18. The van der Waals surface area contributed by atoms with Crippen molar-refractivity contribution < 1.29 is 0 Å². The molecule has 0 radical (unpaired) electrons. The molecule has 0 bridgehead atoms. The van der Waals surface area contributed by atoms with E-state index in [1.807, 2.05) is 19.1 Å². The lowest BCUT2D eigenvalue weighted by Crippen LogP contribution is -1.90. The van der Waals surface area contributed by atoms with Crippen LogP contribution < -0.4 is 0 Å². The van der Waals surface area contributed by atoms with E-state index in [0.717, 1.165) is 17.0 Å². The highest BCUT2D eigenvalue weighted by Gasteiger charge is 2.06. The monoisotopic (exact) mass is 270 g/mol. The summed E-state index contributed by atoms with van der Waals surface area (Å²) < 4.78 is 0.445. The van der Waals surface area contributed by atoms with Gasteiger partial charge in [0, 0.05) is 16.3 Å². The van der Waals surface area contributed by atoms with Gasteiger partial charge < -0.3 is 4.98 Å². The second-order valence-corrected chi connectivity index (χ2v) is 4.61. The van der Waals surface area contributed by atoms with Crippen LogP contribution in [0.15, 0.2) is 24.3 Å². The summed E-state index contributed by atoms with van der Waals surface area (Å²) in [4.78, 5) is 7.17. The molecule has 0 aliphatic rings. The number of hydrogen-bond acceptors (Lipinski definition) is 2. The third kappa shape index (κ3) is 2.43. The molecule has 0 atom stereocenters. The van der Waals surface area contributed by atoms with Crippen LogP contribution in [0.4, 0.5) is 0 Å². The standard InChI is InChI=1S/C11H8Cl2N2S/c1-6-4-10(15-11(16)14-6)8-3-2-7(12)5-9(8)13/h2-5H,1H3,(H,14,15,16). The van der Waals surface area contributed by atoms with Crippen LogP contribution in [-0.2, 0) is 0 Å². The van der Waals surface area contributed by atoms with Gasteiger partial charge in [-0.15, -0.1) is 0 Å². The summed E-state index contributed by atoms with van der Waals surface area (Å²) in [5.74, 6) is 0. The molecule has 0 aliphatic carbocycles. The normalized spacial score (nSPS) is 10.4. The molecule has 1 aromatic carbocycles. The molecule has 82 valence electrons. The second-order valence-electron chi connectivity index (χ2n) is 3.38. The fourth-order valence-electron chi connectivity index (χ4n) is 1.41. The number of nitrogens with zero attached hydrogens (tertiary/aromatic N) is 1. The number of hydrogen-bond donors (Lipinski definition) is 1. The Bertz CT molecular complexity index is 593. The third-order valence-electron chi connectivity index (χ3n) is 2.09. The van der Waals surface area contributed by atoms with Gasteiger partial charge in [-0.2, -0.15) is 0 Å². The van der Waals surface area contributed by atoms with Crippen LogP contribution in [0.1, 0.15) is 5.69 Å². The number of nitrogens with one attached hydrogen (secondary N) is 1. The van der Waals surface area contributed by atoms with Crippen LogP contribution in [-0.4, -0.2) is 9.97 Å². The first-order valence-corrected chi connectivity index (χ1v) is 5.76. The Hall–Kier alpha value is -0.900. The predicted octanol–water partition coefficient (Wildman–Crippen LogP) is 4.42. The maximum absolute atomic E-state index is 6.10. The first kappa shape index (κ1) is 11.6. The Labute approximate surface area is 108 Å². The van der Waals surface area contributed by atoms with E-state index in [4.69, 9.17) is 35.4 Å². The lowest BCUT2D eigenvalue weighted by molar-refractivity contribution is 1.08. The zero-order valence-electron chi connectivity index (χ0n) is 8.42. The van der Waals surface area contributed by atoms with Crippen molar-refractivity contribution in [1.82, 2.24) is 9.97 Å². The van der Waals surface area contributed by atoms with Gasteiger partial charge in [0.25, 0.3) is 0 Å². The van der Waals surface area contributed by atoms with Gasteiger partial charge in [0.1, 0.15) is 0 Å². The van der Waals surface area contributed by atoms with Crippen LogP contribution in [0.5, 0.6) is 0 Å². The van der Waals surface area contributed by atoms with Crippen LogP contribution >= 0.6 is 35.4 Å². The Morgan fingerprint density at radius 3 is 2.62 bits per heavy atom. The lowest BCUT2D eigenvalue weighted by atomic mass is 10.1. The van der Waals surface area contributed by atoms with Crippen molar-refractivity contribution in [2.75, 3.05) is 0 Å². The number of benzene rings is 1. The Kier molecular flexibility index (Phi) is 3.28. The number of halogens is 2. The third-order valence-corrected chi connectivity index (χ3v) is 2.83. The highest BCUT2D eigenvalue weighted by atomic mass is 35.5. The van der Waals surface area contributed by atoms with E-state index in [0.29, 0.717) is 14.8 Å². The summed E-state index contributed by atoms with van der Waals surface area (Å²) in [6, 6.07) is 7.20. The topological polar surface area (TPSA) is 28.7 Å². The Morgan fingerprint density at radius 1 is 1.25 bits per heavy atom. The average molecular weight is 271 g/mol. The van der Waals surface area contributed by atoms with E-state index in [1.165, 1.54) is 0 Å². The molecule has 1 aromatic heterocycles. The highest BCUT2D eigenvalue weighted by Crippen LogP contribution is 2.29. The molecule has 0 spiro atoms.